The van der Waals surface area contributed by atoms with E-state index in [1.807, 2.05) is 60.7 Å². The molecule has 0 spiro atoms. The van der Waals surface area contributed by atoms with E-state index in [1.165, 1.54) is 11.8 Å². The first kappa shape index (κ1) is 20.8. The second-order valence-corrected chi connectivity index (χ2v) is 8.85. The van der Waals surface area contributed by atoms with Crippen LogP contribution < -0.4 is 5.32 Å². The lowest BCUT2D eigenvalue weighted by atomic mass is 10.2. The first-order valence-electron chi connectivity index (χ1n) is 8.84. The maximum Gasteiger partial charge on any atom is 0.266 e. The fourth-order valence-corrected chi connectivity index (χ4v) is 4.45. The van der Waals surface area contributed by atoms with E-state index in [-0.39, 0.29) is 11.8 Å². The summed E-state index contributed by atoms with van der Waals surface area (Å²) in [7, 11) is 0. The summed E-state index contributed by atoms with van der Waals surface area (Å²) in [6.45, 7) is 0.954. The Hall–Kier alpha value is -1.96. The van der Waals surface area contributed by atoms with Crippen molar-refractivity contribution >= 4 is 62.1 Å². The number of benzene rings is 2. The van der Waals surface area contributed by atoms with Gasteiger partial charge in [0.15, 0.2) is 0 Å². The second-order valence-electron chi connectivity index (χ2n) is 6.25. The van der Waals surface area contributed by atoms with Gasteiger partial charge in [-0.2, -0.15) is 0 Å². The molecule has 7 heteroatoms. The molecule has 0 radical (unpaired) electrons. The molecule has 1 aliphatic heterocycles. The smallest absolute Gasteiger partial charge is 0.266 e. The summed E-state index contributed by atoms with van der Waals surface area (Å²) in [6.07, 6.45) is 2.77. The first-order valence-corrected chi connectivity index (χ1v) is 10.9. The van der Waals surface area contributed by atoms with Crippen LogP contribution in [0.5, 0.6) is 0 Å². The summed E-state index contributed by atoms with van der Waals surface area (Å²) in [5.74, 6) is -0.126. The summed E-state index contributed by atoms with van der Waals surface area (Å²) in [5.41, 5.74) is 2.00. The van der Waals surface area contributed by atoms with E-state index in [2.05, 4.69) is 21.2 Å². The third-order valence-electron chi connectivity index (χ3n) is 4.14. The molecule has 1 N–H and O–H groups in total. The van der Waals surface area contributed by atoms with Crippen molar-refractivity contribution < 1.29 is 9.59 Å². The summed E-state index contributed by atoms with van der Waals surface area (Å²) in [6, 6.07) is 17.5. The summed E-state index contributed by atoms with van der Waals surface area (Å²) in [4.78, 5) is 26.8. The maximum absolute atomic E-state index is 12.6. The summed E-state index contributed by atoms with van der Waals surface area (Å²) in [5, 5.41) is 2.90. The molecule has 144 valence electrons. The number of halogens is 1. The molecule has 1 saturated heterocycles. The number of hydrogen-bond donors (Lipinski definition) is 1. The second kappa shape index (κ2) is 10.0. The van der Waals surface area contributed by atoms with Crippen molar-refractivity contribution in [1.82, 2.24) is 10.2 Å². The summed E-state index contributed by atoms with van der Waals surface area (Å²) >= 11 is 10.1. The maximum atomic E-state index is 12.6. The SMILES string of the molecule is O=C(CCCN1C(=O)C(=Cc2cccc(Br)c2)SC1=S)NCc1ccccc1. The Morgan fingerprint density at radius 1 is 1.18 bits per heavy atom. The molecule has 4 nitrogen and oxygen atoms in total. The van der Waals surface area contributed by atoms with E-state index < -0.39 is 0 Å². The van der Waals surface area contributed by atoms with Crippen LogP contribution in [0.1, 0.15) is 24.0 Å². The molecule has 1 fully saturated rings. The molecular formula is C21H19BrN2O2S2. The van der Waals surface area contributed by atoms with Crippen LogP contribution in [0.2, 0.25) is 0 Å². The molecule has 0 aliphatic carbocycles. The van der Waals surface area contributed by atoms with Crippen molar-refractivity contribution in [2.45, 2.75) is 19.4 Å². The third-order valence-corrected chi connectivity index (χ3v) is 6.01. The van der Waals surface area contributed by atoms with Gasteiger partial charge in [-0.05, 0) is 35.8 Å². The van der Waals surface area contributed by atoms with Crippen LogP contribution in [0.4, 0.5) is 0 Å². The molecule has 2 amide bonds. The molecule has 2 aromatic carbocycles. The predicted molar refractivity (Wildman–Crippen MR) is 122 cm³/mol. The number of hydrogen-bond acceptors (Lipinski definition) is 4. The van der Waals surface area contributed by atoms with Gasteiger partial charge in [-0.25, -0.2) is 0 Å². The van der Waals surface area contributed by atoms with E-state index in [1.54, 1.807) is 4.90 Å². The van der Waals surface area contributed by atoms with Gasteiger partial charge < -0.3 is 5.32 Å². The predicted octanol–water partition coefficient (Wildman–Crippen LogP) is 4.75. The van der Waals surface area contributed by atoms with Crippen LogP contribution in [-0.4, -0.2) is 27.6 Å². The zero-order valence-electron chi connectivity index (χ0n) is 15.1. The van der Waals surface area contributed by atoms with Gasteiger partial charge in [0.05, 0.1) is 4.91 Å². The van der Waals surface area contributed by atoms with Crippen LogP contribution >= 0.6 is 39.9 Å². The van der Waals surface area contributed by atoms with Gasteiger partial charge in [0.25, 0.3) is 5.91 Å². The topological polar surface area (TPSA) is 49.4 Å². The highest BCUT2D eigenvalue weighted by Gasteiger charge is 2.31. The van der Waals surface area contributed by atoms with Crippen LogP contribution in [0.15, 0.2) is 64.0 Å². The molecule has 28 heavy (non-hydrogen) atoms. The number of carbonyl (C=O) groups is 2. The first-order chi connectivity index (χ1) is 13.5. The van der Waals surface area contributed by atoms with E-state index in [0.717, 1.165) is 15.6 Å². The highest BCUT2D eigenvalue weighted by molar-refractivity contribution is 9.10. The van der Waals surface area contributed by atoms with Crippen molar-refractivity contribution in [2.24, 2.45) is 0 Å². The number of rotatable bonds is 7. The Bertz CT molecular complexity index is 916. The molecule has 0 aromatic heterocycles. The molecule has 0 atom stereocenters. The van der Waals surface area contributed by atoms with Crippen molar-refractivity contribution in [3.63, 3.8) is 0 Å². The summed E-state index contributed by atoms with van der Waals surface area (Å²) < 4.78 is 1.49. The zero-order chi connectivity index (χ0) is 19.9. The molecule has 0 unspecified atom stereocenters. The Balaban J connectivity index is 1.48. The molecule has 3 rings (SSSR count). The minimum atomic E-state index is -0.0975. The van der Waals surface area contributed by atoms with Gasteiger partial charge in [0, 0.05) is 24.0 Å². The average molecular weight is 475 g/mol. The number of amides is 2. The van der Waals surface area contributed by atoms with Crippen molar-refractivity contribution in [3.8, 4) is 0 Å². The van der Waals surface area contributed by atoms with Gasteiger partial charge in [-0.1, -0.05) is 82.4 Å². The van der Waals surface area contributed by atoms with Gasteiger partial charge in [-0.15, -0.1) is 0 Å². The molecule has 1 heterocycles. The van der Waals surface area contributed by atoms with Gasteiger partial charge in [-0.3, -0.25) is 14.5 Å². The minimum Gasteiger partial charge on any atom is -0.352 e. The van der Waals surface area contributed by atoms with Crippen molar-refractivity contribution in [2.75, 3.05) is 6.54 Å². The van der Waals surface area contributed by atoms with Crippen LogP contribution in [0.3, 0.4) is 0 Å². The number of nitrogens with one attached hydrogen (secondary N) is 1. The Morgan fingerprint density at radius 3 is 2.71 bits per heavy atom. The number of carbonyl (C=O) groups excluding carboxylic acids is 2. The normalized spacial score (nSPS) is 15.3. The molecule has 0 bridgehead atoms. The Morgan fingerprint density at radius 2 is 1.96 bits per heavy atom. The average Bonchev–Trinajstić information content (AvgIpc) is 2.94. The largest absolute Gasteiger partial charge is 0.352 e. The van der Waals surface area contributed by atoms with Gasteiger partial charge >= 0.3 is 0 Å². The fraction of sp³-hybridized carbons (Fsp3) is 0.190. The van der Waals surface area contributed by atoms with Crippen molar-refractivity contribution in [1.29, 1.82) is 0 Å². The van der Waals surface area contributed by atoms with E-state index in [0.29, 0.717) is 35.2 Å². The fourth-order valence-electron chi connectivity index (χ4n) is 2.72. The van der Waals surface area contributed by atoms with Crippen LogP contribution in [0.25, 0.3) is 6.08 Å². The standard InChI is InChI=1S/C21H19BrN2O2S2/c22-17-9-4-8-16(12-17)13-18-20(26)24(21(27)28-18)11-5-10-19(25)23-14-15-6-2-1-3-7-15/h1-4,6-9,12-13H,5,10-11,14H2,(H,23,25). The van der Waals surface area contributed by atoms with Crippen molar-refractivity contribution in [3.05, 3.63) is 75.1 Å². The quantitative estimate of drug-likeness (QED) is 0.464. The molecule has 2 aromatic rings. The molecule has 0 saturated carbocycles. The lowest BCUT2D eigenvalue weighted by Crippen LogP contribution is -2.30. The minimum absolute atomic E-state index is 0.0287. The highest BCUT2D eigenvalue weighted by atomic mass is 79.9. The lowest BCUT2D eigenvalue weighted by Gasteiger charge is -2.14. The highest BCUT2D eigenvalue weighted by Crippen LogP contribution is 2.33. The van der Waals surface area contributed by atoms with E-state index in [9.17, 15) is 9.59 Å². The Labute approximate surface area is 182 Å². The zero-order valence-corrected chi connectivity index (χ0v) is 18.3. The van der Waals surface area contributed by atoms with Crippen LogP contribution in [-0.2, 0) is 16.1 Å². The van der Waals surface area contributed by atoms with Gasteiger partial charge in [0.2, 0.25) is 5.91 Å². The third kappa shape index (κ3) is 5.77. The van der Waals surface area contributed by atoms with Crippen LogP contribution in [0, 0.1) is 0 Å². The molecular weight excluding hydrogens is 456 g/mol. The number of nitrogens with zero attached hydrogens (tertiary/aromatic N) is 1. The lowest BCUT2D eigenvalue weighted by molar-refractivity contribution is -0.124. The monoisotopic (exact) mass is 474 g/mol. The Kier molecular flexibility index (Phi) is 7.42. The molecule has 1 aliphatic rings. The van der Waals surface area contributed by atoms with E-state index in [4.69, 9.17) is 12.2 Å². The van der Waals surface area contributed by atoms with Gasteiger partial charge in [0.1, 0.15) is 4.32 Å². The van der Waals surface area contributed by atoms with E-state index >= 15 is 0 Å². The number of thioether (sulfide) groups is 1. The number of thiocarbonyl (C=S) groups is 1.